The average Bonchev–Trinajstić information content (AvgIpc) is 2.94. The number of carbonyl (C=O) groups excluding carboxylic acids is 2. The Morgan fingerprint density at radius 2 is 2.09 bits per heavy atom. The van der Waals surface area contributed by atoms with E-state index in [-0.39, 0.29) is 12.4 Å². The number of halogens is 1. The molecule has 0 aliphatic heterocycles. The number of nitrogens with one attached hydrogen (secondary N) is 2. The summed E-state index contributed by atoms with van der Waals surface area (Å²) in [6.07, 6.45) is -0.463. The van der Waals surface area contributed by atoms with Crippen LogP contribution in [-0.4, -0.2) is 30.6 Å². The molecule has 0 aliphatic carbocycles. The number of nitrogens with zero attached hydrogens (tertiary/aromatic N) is 1. The molecule has 0 aliphatic rings. The summed E-state index contributed by atoms with van der Waals surface area (Å²) >= 11 is 6.09. The molecule has 122 valence electrons. The summed E-state index contributed by atoms with van der Waals surface area (Å²) < 4.78 is 10.1. The fourth-order valence-corrected chi connectivity index (χ4v) is 2.18. The molecule has 1 atom stereocenters. The van der Waals surface area contributed by atoms with Gasteiger partial charge in [0.15, 0.2) is 5.82 Å². The Balaban J connectivity index is 1.92. The van der Waals surface area contributed by atoms with Gasteiger partial charge in [-0.05, 0) is 13.0 Å². The number of anilines is 1. The van der Waals surface area contributed by atoms with E-state index in [2.05, 4.69) is 15.8 Å². The Hall–Kier alpha value is -2.38. The van der Waals surface area contributed by atoms with Gasteiger partial charge in [0, 0.05) is 30.3 Å². The smallest absolute Gasteiger partial charge is 0.314 e. The quantitative estimate of drug-likeness (QED) is 0.815. The number of benzene rings is 1. The van der Waals surface area contributed by atoms with E-state index in [1.807, 2.05) is 6.07 Å². The average molecular weight is 338 g/mol. The molecule has 1 aromatic carbocycles. The molecule has 2 N–H and O–H groups in total. The van der Waals surface area contributed by atoms with Crippen LogP contribution >= 0.6 is 11.6 Å². The Morgan fingerprint density at radius 3 is 2.70 bits per heavy atom. The largest absolute Gasteiger partial charge is 0.375 e. The molecule has 0 fully saturated rings. The number of hydrogen-bond donors (Lipinski definition) is 2. The number of hydrogen-bond acceptors (Lipinski definition) is 5. The number of amides is 2. The highest BCUT2D eigenvalue weighted by Crippen LogP contribution is 2.24. The van der Waals surface area contributed by atoms with E-state index in [1.54, 1.807) is 25.1 Å². The van der Waals surface area contributed by atoms with Gasteiger partial charge in [-0.15, -0.1) is 0 Å². The molecule has 1 aromatic heterocycles. The molecular formula is C15H16ClN3O4. The normalized spacial score (nSPS) is 11.8. The Kier molecular flexibility index (Phi) is 5.72. The summed E-state index contributed by atoms with van der Waals surface area (Å²) in [5.74, 6) is -0.942. The summed E-state index contributed by atoms with van der Waals surface area (Å²) in [5.41, 5.74) is 0.726. The molecule has 23 heavy (non-hydrogen) atoms. The van der Waals surface area contributed by atoms with Crippen molar-refractivity contribution in [3.63, 3.8) is 0 Å². The third kappa shape index (κ3) is 4.54. The molecule has 2 amide bonds. The van der Waals surface area contributed by atoms with E-state index in [9.17, 15) is 9.59 Å². The van der Waals surface area contributed by atoms with Gasteiger partial charge in [-0.3, -0.25) is 14.9 Å². The van der Waals surface area contributed by atoms with Crippen molar-refractivity contribution in [2.45, 2.75) is 13.0 Å². The standard InChI is InChI=1S/C15H16ClN3O4/c1-9-7-13(19-23-9)18-15(21)14(20)17-8-12(22-2)10-5-3-4-6-11(10)16/h3-7,12H,8H2,1-2H3,(H,17,20)(H,18,19,21). The molecule has 2 aromatic rings. The third-order valence-electron chi connectivity index (χ3n) is 3.06. The van der Waals surface area contributed by atoms with Crippen molar-refractivity contribution < 1.29 is 18.8 Å². The summed E-state index contributed by atoms with van der Waals surface area (Å²) in [4.78, 5) is 23.6. The van der Waals surface area contributed by atoms with Crippen LogP contribution in [0.2, 0.25) is 5.02 Å². The Labute approximate surface area is 137 Å². The molecule has 0 radical (unpaired) electrons. The molecule has 0 saturated carbocycles. The van der Waals surface area contributed by atoms with Gasteiger partial charge in [0.2, 0.25) is 0 Å². The lowest BCUT2D eigenvalue weighted by molar-refractivity contribution is -0.136. The first-order chi connectivity index (χ1) is 11.0. The number of ether oxygens (including phenoxy) is 1. The number of aryl methyl sites for hydroxylation is 1. The fraction of sp³-hybridized carbons (Fsp3) is 0.267. The van der Waals surface area contributed by atoms with Crippen molar-refractivity contribution in [1.29, 1.82) is 0 Å². The zero-order valence-corrected chi connectivity index (χ0v) is 13.4. The van der Waals surface area contributed by atoms with Crippen molar-refractivity contribution in [2.75, 3.05) is 19.0 Å². The molecule has 1 heterocycles. The van der Waals surface area contributed by atoms with Gasteiger partial charge in [-0.25, -0.2) is 0 Å². The van der Waals surface area contributed by atoms with Crippen LogP contribution in [-0.2, 0) is 14.3 Å². The van der Waals surface area contributed by atoms with Crippen molar-refractivity contribution in [2.24, 2.45) is 0 Å². The summed E-state index contributed by atoms with van der Waals surface area (Å²) in [6.45, 7) is 1.78. The van der Waals surface area contributed by atoms with Gasteiger partial charge in [0.05, 0.1) is 0 Å². The van der Waals surface area contributed by atoms with Crippen LogP contribution in [0.15, 0.2) is 34.9 Å². The number of carbonyl (C=O) groups is 2. The van der Waals surface area contributed by atoms with Crippen LogP contribution < -0.4 is 10.6 Å². The van der Waals surface area contributed by atoms with E-state index in [0.717, 1.165) is 5.56 Å². The maximum Gasteiger partial charge on any atom is 0.314 e. The van der Waals surface area contributed by atoms with Gasteiger partial charge in [0.25, 0.3) is 0 Å². The van der Waals surface area contributed by atoms with Gasteiger partial charge in [-0.2, -0.15) is 0 Å². The zero-order valence-electron chi connectivity index (χ0n) is 12.6. The highest BCUT2D eigenvalue weighted by molar-refractivity contribution is 6.39. The molecule has 0 saturated heterocycles. The second kappa shape index (κ2) is 7.75. The van der Waals surface area contributed by atoms with Gasteiger partial charge in [-0.1, -0.05) is 35.0 Å². The maximum atomic E-state index is 11.8. The van der Waals surface area contributed by atoms with Crippen LogP contribution in [0.1, 0.15) is 17.4 Å². The summed E-state index contributed by atoms with van der Waals surface area (Å²) in [6, 6.07) is 8.64. The second-order valence-electron chi connectivity index (χ2n) is 4.73. The molecule has 0 bridgehead atoms. The van der Waals surface area contributed by atoms with Crippen molar-refractivity contribution in [1.82, 2.24) is 10.5 Å². The van der Waals surface area contributed by atoms with E-state index in [1.165, 1.54) is 13.2 Å². The molecule has 1 unspecified atom stereocenters. The van der Waals surface area contributed by atoms with Crippen LogP contribution in [0.25, 0.3) is 0 Å². The minimum Gasteiger partial charge on any atom is -0.375 e. The van der Waals surface area contributed by atoms with Crippen LogP contribution in [0.5, 0.6) is 0 Å². The predicted octanol–water partition coefficient (Wildman–Crippen LogP) is 2.08. The fourth-order valence-electron chi connectivity index (χ4n) is 1.92. The predicted molar refractivity (Wildman–Crippen MR) is 84.1 cm³/mol. The van der Waals surface area contributed by atoms with E-state index in [0.29, 0.717) is 10.8 Å². The minimum absolute atomic E-state index is 0.102. The van der Waals surface area contributed by atoms with Crippen LogP contribution in [0, 0.1) is 6.92 Å². The number of aromatic nitrogens is 1. The number of methoxy groups -OCH3 is 1. The SMILES string of the molecule is COC(CNC(=O)C(=O)Nc1cc(C)on1)c1ccccc1Cl. The zero-order chi connectivity index (χ0) is 16.8. The Bertz CT molecular complexity index is 702. The maximum absolute atomic E-state index is 11.8. The minimum atomic E-state index is -0.840. The van der Waals surface area contributed by atoms with Crippen LogP contribution in [0.4, 0.5) is 5.82 Å². The summed E-state index contributed by atoms with van der Waals surface area (Å²) in [5, 5.41) is 8.93. The summed E-state index contributed by atoms with van der Waals surface area (Å²) in [7, 11) is 1.50. The molecular weight excluding hydrogens is 322 g/mol. The second-order valence-corrected chi connectivity index (χ2v) is 5.14. The van der Waals surface area contributed by atoms with Crippen molar-refractivity contribution >= 4 is 29.2 Å². The highest BCUT2D eigenvalue weighted by atomic mass is 35.5. The first-order valence-electron chi connectivity index (χ1n) is 6.81. The van der Waals surface area contributed by atoms with Gasteiger partial charge < -0.3 is 14.6 Å². The van der Waals surface area contributed by atoms with E-state index >= 15 is 0 Å². The van der Waals surface area contributed by atoms with Gasteiger partial charge >= 0.3 is 11.8 Å². The lowest BCUT2D eigenvalue weighted by atomic mass is 10.1. The monoisotopic (exact) mass is 337 g/mol. The first kappa shape index (κ1) is 17.0. The molecule has 8 heteroatoms. The molecule has 7 nitrogen and oxygen atoms in total. The lowest BCUT2D eigenvalue weighted by Gasteiger charge is -2.17. The van der Waals surface area contributed by atoms with Crippen LogP contribution in [0.3, 0.4) is 0 Å². The number of rotatable bonds is 5. The van der Waals surface area contributed by atoms with Gasteiger partial charge in [0.1, 0.15) is 11.9 Å². The lowest BCUT2D eigenvalue weighted by Crippen LogP contribution is -2.38. The van der Waals surface area contributed by atoms with Crippen molar-refractivity contribution in [3.8, 4) is 0 Å². The first-order valence-corrected chi connectivity index (χ1v) is 7.18. The van der Waals surface area contributed by atoms with E-state index < -0.39 is 17.9 Å². The Morgan fingerprint density at radius 1 is 1.35 bits per heavy atom. The molecule has 2 rings (SSSR count). The topological polar surface area (TPSA) is 93.5 Å². The van der Waals surface area contributed by atoms with E-state index in [4.69, 9.17) is 20.9 Å². The highest BCUT2D eigenvalue weighted by Gasteiger charge is 2.19. The van der Waals surface area contributed by atoms with Crippen molar-refractivity contribution in [3.05, 3.63) is 46.7 Å². The molecule has 0 spiro atoms. The third-order valence-corrected chi connectivity index (χ3v) is 3.40.